The molecule has 1 atom stereocenters. The predicted octanol–water partition coefficient (Wildman–Crippen LogP) is -0.532. The van der Waals surface area contributed by atoms with E-state index < -0.39 is 0 Å². The number of hydrogen-bond donors (Lipinski definition) is 2. The van der Waals surface area contributed by atoms with Gasteiger partial charge in [0, 0.05) is 11.6 Å². The van der Waals surface area contributed by atoms with Gasteiger partial charge in [0.05, 0.1) is 27.8 Å². The summed E-state index contributed by atoms with van der Waals surface area (Å²) in [5.74, 6) is 3.82. The van der Waals surface area contributed by atoms with Crippen LogP contribution in [0.4, 0.5) is 0 Å². The summed E-state index contributed by atoms with van der Waals surface area (Å²) in [6.07, 6.45) is 5.10. The zero-order chi connectivity index (χ0) is 15.0. The van der Waals surface area contributed by atoms with Gasteiger partial charge >= 0.3 is 0 Å². The van der Waals surface area contributed by atoms with Gasteiger partial charge in [-0.25, -0.2) is 0 Å². The Morgan fingerprint density at radius 3 is 2.75 bits per heavy atom. The molecule has 0 aliphatic heterocycles. The molecule has 0 fully saturated rings. The fraction of sp³-hybridized carbons (Fsp3) is 0.400. The number of terminal acetylenes is 1. The van der Waals surface area contributed by atoms with Crippen LogP contribution >= 0.6 is 0 Å². The topological polar surface area (TPSA) is 52.0 Å². The van der Waals surface area contributed by atoms with Crippen LogP contribution in [-0.2, 0) is 11.3 Å². The van der Waals surface area contributed by atoms with Gasteiger partial charge in [-0.1, -0.05) is 5.92 Å². The molecule has 0 bridgehead atoms. The second-order valence-corrected chi connectivity index (χ2v) is 4.47. The first-order chi connectivity index (χ1) is 9.60. The van der Waals surface area contributed by atoms with Crippen molar-refractivity contribution in [1.82, 2.24) is 5.32 Å². The van der Waals surface area contributed by atoms with Crippen molar-refractivity contribution in [1.29, 1.82) is 0 Å². The minimum absolute atomic E-state index is 0.0621. The lowest BCUT2D eigenvalue weighted by atomic mass is 10.2. The number of amides is 1. The van der Waals surface area contributed by atoms with Crippen LogP contribution in [0.3, 0.4) is 0 Å². The monoisotopic (exact) mass is 277 g/mol. The normalized spacial score (nSPS) is 11.3. The van der Waals surface area contributed by atoms with Gasteiger partial charge in [-0.2, -0.15) is 0 Å². The lowest BCUT2D eigenvalue weighted by molar-refractivity contribution is -0.885. The molecule has 1 unspecified atom stereocenters. The van der Waals surface area contributed by atoms with Gasteiger partial charge in [0.1, 0.15) is 18.0 Å². The third-order valence-corrected chi connectivity index (χ3v) is 2.84. The Kier molecular flexibility index (Phi) is 6.41. The van der Waals surface area contributed by atoms with E-state index in [-0.39, 0.29) is 12.5 Å². The lowest BCUT2D eigenvalue weighted by Gasteiger charge is -2.16. The summed E-state index contributed by atoms with van der Waals surface area (Å²) in [4.78, 5) is 12.6. The smallest absolute Gasteiger partial charge is 0.275 e. The van der Waals surface area contributed by atoms with Crippen molar-refractivity contribution < 1.29 is 19.2 Å². The third kappa shape index (κ3) is 4.82. The minimum Gasteiger partial charge on any atom is -0.497 e. The van der Waals surface area contributed by atoms with Crippen molar-refractivity contribution in [2.75, 3.05) is 34.4 Å². The maximum Gasteiger partial charge on any atom is 0.275 e. The standard InChI is InChI=1S/C15H20N2O3/c1-5-8-16-15(18)11-17(2)10-12-6-7-13(19-3)9-14(12)20-4/h1,6-7,9H,8,10-11H2,2-4H3,(H,16,18)/p+1. The molecule has 0 spiro atoms. The number of quaternary nitrogens is 1. The molecule has 0 radical (unpaired) electrons. The first-order valence-corrected chi connectivity index (χ1v) is 6.33. The van der Waals surface area contributed by atoms with Crippen LogP contribution in [0.5, 0.6) is 11.5 Å². The minimum atomic E-state index is -0.0621. The van der Waals surface area contributed by atoms with Crippen molar-refractivity contribution in [3.63, 3.8) is 0 Å². The number of rotatable bonds is 7. The molecule has 0 aliphatic carbocycles. The zero-order valence-corrected chi connectivity index (χ0v) is 12.2. The van der Waals surface area contributed by atoms with Crippen LogP contribution in [0.2, 0.25) is 0 Å². The summed E-state index contributed by atoms with van der Waals surface area (Å²) < 4.78 is 10.5. The van der Waals surface area contributed by atoms with E-state index in [0.29, 0.717) is 13.1 Å². The highest BCUT2D eigenvalue weighted by atomic mass is 16.5. The van der Waals surface area contributed by atoms with E-state index in [1.807, 2.05) is 25.2 Å². The molecule has 5 nitrogen and oxygen atoms in total. The number of carbonyl (C=O) groups excluding carboxylic acids is 1. The Hall–Kier alpha value is -2.19. The highest BCUT2D eigenvalue weighted by Crippen LogP contribution is 2.23. The maximum absolute atomic E-state index is 11.6. The molecule has 0 heterocycles. The van der Waals surface area contributed by atoms with Crippen molar-refractivity contribution in [3.8, 4) is 23.8 Å². The SMILES string of the molecule is C#CCNC(=O)C[NH+](C)Cc1ccc(OC)cc1OC. The van der Waals surface area contributed by atoms with Crippen molar-refractivity contribution >= 4 is 5.91 Å². The Bertz CT molecular complexity index is 494. The summed E-state index contributed by atoms with van der Waals surface area (Å²) in [5.41, 5.74) is 1.02. The van der Waals surface area contributed by atoms with E-state index in [0.717, 1.165) is 22.0 Å². The highest BCUT2D eigenvalue weighted by molar-refractivity contribution is 5.77. The van der Waals surface area contributed by atoms with Crippen molar-refractivity contribution in [2.45, 2.75) is 6.54 Å². The third-order valence-electron chi connectivity index (χ3n) is 2.84. The molecule has 0 aromatic heterocycles. The summed E-state index contributed by atoms with van der Waals surface area (Å²) in [5, 5.41) is 2.65. The van der Waals surface area contributed by atoms with Crippen molar-refractivity contribution in [2.24, 2.45) is 0 Å². The quantitative estimate of drug-likeness (QED) is 0.659. The molecule has 108 valence electrons. The molecule has 0 saturated carbocycles. The Labute approximate surface area is 119 Å². The number of ether oxygens (including phenoxy) is 2. The number of carbonyl (C=O) groups is 1. The van der Waals surface area contributed by atoms with E-state index >= 15 is 0 Å². The number of nitrogens with one attached hydrogen (secondary N) is 2. The molecule has 5 heteroatoms. The van der Waals surface area contributed by atoms with E-state index in [2.05, 4.69) is 11.2 Å². The Balaban J connectivity index is 2.63. The first-order valence-electron chi connectivity index (χ1n) is 6.33. The van der Waals surface area contributed by atoms with Gasteiger partial charge in [-0.15, -0.1) is 6.42 Å². The molecular weight excluding hydrogens is 256 g/mol. The number of hydrogen-bond acceptors (Lipinski definition) is 3. The molecule has 1 rings (SSSR count). The van der Waals surface area contributed by atoms with E-state index in [4.69, 9.17) is 15.9 Å². The Morgan fingerprint density at radius 1 is 1.40 bits per heavy atom. The largest absolute Gasteiger partial charge is 0.497 e. The van der Waals surface area contributed by atoms with Gasteiger partial charge in [-0.3, -0.25) is 4.79 Å². The molecule has 1 aromatic carbocycles. The lowest BCUT2D eigenvalue weighted by Crippen LogP contribution is -3.08. The fourth-order valence-electron chi connectivity index (χ4n) is 1.87. The average molecular weight is 277 g/mol. The van der Waals surface area contributed by atoms with Gasteiger partial charge in [0.2, 0.25) is 0 Å². The summed E-state index contributed by atoms with van der Waals surface area (Å²) in [6, 6.07) is 5.66. The summed E-state index contributed by atoms with van der Waals surface area (Å²) >= 11 is 0. The fourth-order valence-corrected chi connectivity index (χ4v) is 1.87. The predicted molar refractivity (Wildman–Crippen MR) is 76.8 cm³/mol. The van der Waals surface area contributed by atoms with Crippen LogP contribution in [-0.4, -0.2) is 40.3 Å². The number of benzene rings is 1. The molecular formula is C15H21N2O3+. The van der Waals surface area contributed by atoms with Gasteiger partial charge in [0.15, 0.2) is 6.54 Å². The van der Waals surface area contributed by atoms with Crippen LogP contribution < -0.4 is 19.7 Å². The number of likely N-dealkylation sites (N-methyl/N-ethyl adjacent to an activating group) is 1. The zero-order valence-electron chi connectivity index (χ0n) is 12.2. The molecule has 1 amide bonds. The second-order valence-electron chi connectivity index (χ2n) is 4.47. The van der Waals surface area contributed by atoms with E-state index in [1.54, 1.807) is 14.2 Å². The first kappa shape index (κ1) is 15.9. The molecule has 0 aliphatic rings. The van der Waals surface area contributed by atoms with Gasteiger partial charge < -0.3 is 19.7 Å². The summed E-state index contributed by atoms with van der Waals surface area (Å²) in [6.45, 7) is 1.30. The van der Waals surface area contributed by atoms with Gasteiger partial charge in [-0.05, 0) is 12.1 Å². The maximum atomic E-state index is 11.6. The average Bonchev–Trinajstić information content (AvgIpc) is 2.45. The van der Waals surface area contributed by atoms with Crippen LogP contribution in [0, 0.1) is 12.3 Å². The van der Waals surface area contributed by atoms with Gasteiger partial charge in [0.25, 0.3) is 5.91 Å². The van der Waals surface area contributed by atoms with Crippen molar-refractivity contribution in [3.05, 3.63) is 23.8 Å². The molecule has 0 saturated heterocycles. The van der Waals surface area contributed by atoms with E-state index in [1.165, 1.54) is 0 Å². The highest BCUT2D eigenvalue weighted by Gasteiger charge is 2.13. The second kappa shape index (κ2) is 8.08. The molecule has 2 N–H and O–H groups in total. The number of methoxy groups -OCH3 is 2. The molecule has 20 heavy (non-hydrogen) atoms. The Morgan fingerprint density at radius 2 is 2.15 bits per heavy atom. The van der Waals surface area contributed by atoms with Crippen LogP contribution in [0.15, 0.2) is 18.2 Å². The summed E-state index contributed by atoms with van der Waals surface area (Å²) in [7, 11) is 5.17. The molecule has 1 aromatic rings. The van der Waals surface area contributed by atoms with E-state index in [9.17, 15) is 4.79 Å². The van der Waals surface area contributed by atoms with Crippen LogP contribution in [0.1, 0.15) is 5.56 Å². The van der Waals surface area contributed by atoms with Crippen LogP contribution in [0.25, 0.3) is 0 Å².